The lowest BCUT2D eigenvalue weighted by atomic mass is 9.89. The highest BCUT2D eigenvalue weighted by Crippen LogP contribution is 2.21. The van der Waals surface area contributed by atoms with Gasteiger partial charge in [-0.25, -0.2) is 0 Å². The first-order valence-electron chi connectivity index (χ1n) is 5.15. The molecule has 0 radical (unpaired) electrons. The number of aryl methyl sites for hydroxylation is 1. The van der Waals surface area contributed by atoms with Crippen molar-refractivity contribution in [3.8, 4) is 0 Å². The Labute approximate surface area is 94.8 Å². The summed E-state index contributed by atoms with van der Waals surface area (Å²) in [6.07, 6.45) is 6.13. The first kappa shape index (κ1) is 10.4. The van der Waals surface area contributed by atoms with Gasteiger partial charge in [0.2, 0.25) is 0 Å². The predicted molar refractivity (Wildman–Crippen MR) is 63.2 cm³/mol. The van der Waals surface area contributed by atoms with Gasteiger partial charge in [-0.1, -0.05) is 30.4 Å². The maximum absolute atomic E-state index is 11.3. The molecule has 0 amide bonds. The standard InChI is InChI=1S/C13H13ClO/c14-7-1-2-10-3-4-12-9-13(15)6-5-11(12)8-10/h1-4,8H,5-7,9H2. The number of carbonyl (C=O) groups excluding carboxylic acids is 1. The predicted octanol–water partition coefficient (Wildman–Crippen LogP) is 3.00. The zero-order chi connectivity index (χ0) is 10.7. The van der Waals surface area contributed by atoms with Crippen LogP contribution in [0.3, 0.4) is 0 Å². The number of allylic oxidation sites excluding steroid dienone is 1. The number of fused-ring (bicyclic) bond motifs is 1. The highest BCUT2D eigenvalue weighted by Gasteiger charge is 2.14. The van der Waals surface area contributed by atoms with E-state index in [1.165, 1.54) is 16.7 Å². The third-order valence-corrected chi connectivity index (χ3v) is 2.87. The summed E-state index contributed by atoms with van der Waals surface area (Å²) in [5.74, 6) is 0.891. The van der Waals surface area contributed by atoms with E-state index >= 15 is 0 Å². The molecule has 0 saturated carbocycles. The van der Waals surface area contributed by atoms with Crippen molar-refractivity contribution in [2.75, 3.05) is 5.88 Å². The fraction of sp³-hybridized carbons (Fsp3) is 0.308. The number of hydrogen-bond donors (Lipinski definition) is 0. The van der Waals surface area contributed by atoms with Gasteiger partial charge in [0, 0.05) is 18.7 Å². The minimum atomic E-state index is 0.353. The Morgan fingerprint density at radius 1 is 1.27 bits per heavy atom. The average molecular weight is 221 g/mol. The second-order valence-electron chi connectivity index (χ2n) is 3.80. The molecule has 0 N–H and O–H groups in total. The van der Waals surface area contributed by atoms with Crippen molar-refractivity contribution in [3.05, 3.63) is 41.0 Å². The van der Waals surface area contributed by atoms with E-state index in [1.54, 1.807) is 0 Å². The third kappa shape index (κ3) is 2.48. The number of carbonyl (C=O) groups is 1. The molecular formula is C13H13ClO. The van der Waals surface area contributed by atoms with Crippen molar-refractivity contribution in [2.45, 2.75) is 19.3 Å². The molecule has 1 aliphatic rings. The Morgan fingerprint density at radius 3 is 2.93 bits per heavy atom. The molecule has 0 saturated heterocycles. The number of Topliss-reactive ketones (excluding diaryl/α,β-unsaturated/α-hetero) is 1. The molecule has 1 aromatic rings. The van der Waals surface area contributed by atoms with Gasteiger partial charge in [-0.15, -0.1) is 11.6 Å². The van der Waals surface area contributed by atoms with Crippen LogP contribution in [-0.2, 0) is 17.6 Å². The maximum Gasteiger partial charge on any atom is 0.137 e. The van der Waals surface area contributed by atoms with E-state index in [1.807, 2.05) is 18.2 Å². The summed E-state index contributed by atoms with van der Waals surface area (Å²) in [7, 11) is 0. The minimum Gasteiger partial charge on any atom is -0.299 e. The van der Waals surface area contributed by atoms with Gasteiger partial charge < -0.3 is 0 Å². The van der Waals surface area contributed by atoms with Crippen LogP contribution < -0.4 is 0 Å². The van der Waals surface area contributed by atoms with E-state index in [2.05, 4.69) is 12.1 Å². The summed E-state index contributed by atoms with van der Waals surface area (Å²) in [5.41, 5.74) is 3.67. The lowest BCUT2D eigenvalue weighted by molar-refractivity contribution is -0.118. The van der Waals surface area contributed by atoms with Crippen LogP contribution in [0.5, 0.6) is 0 Å². The Balaban J connectivity index is 2.26. The van der Waals surface area contributed by atoms with Crippen LogP contribution in [-0.4, -0.2) is 11.7 Å². The number of benzene rings is 1. The first-order valence-corrected chi connectivity index (χ1v) is 5.69. The van der Waals surface area contributed by atoms with Gasteiger partial charge in [-0.05, 0) is 23.1 Å². The Morgan fingerprint density at radius 2 is 2.13 bits per heavy atom. The van der Waals surface area contributed by atoms with E-state index in [0.717, 1.165) is 6.42 Å². The van der Waals surface area contributed by atoms with Gasteiger partial charge in [0.05, 0.1) is 0 Å². The Kier molecular flexibility index (Phi) is 3.22. The fourth-order valence-electron chi connectivity index (χ4n) is 1.91. The summed E-state index contributed by atoms with van der Waals surface area (Å²) < 4.78 is 0. The molecular weight excluding hydrogens is 208 g/mol. The van der Waals surface area contributed by atoms with E-state index < -0.39 is 0 Å². The highest BCUT2D eigenvalue weighted by atomic mass is 35.5. The zero-order valence-corrected chi connectivity index (χ0v) is 9.26. The molecule has 0 heterocycles. The third-order valence-electron chi connectivity index (χ3n) is 2.69. The summed E-state index contributed by atoms with van der Waals surface area (Å²) in [4.78, 5) is 11.3. The molecule has 1 aliphatic carbocycles. The molecule has 78 valence electrons. The zero-order valence-electron chi connectivity index (χ0n) is 8.50. The number of halogens is 1. The van der Waals surface area contributed by atoms with Gasteiger partial charge >= 0.3 is 0 Å². The number of alkyl halides is 1. The summed E-state index contributed by atoms with van der Waals surface area (Å²) >= 11 is 5.58. The Bertz CT molecular complexity index is 407. The molecule has 0 spiro atoms. The molecule has 0 aromatic heterocycles. The molecule has 0 aliphatic heterocycles. The van der Waals surface area contributed by atoms with E-state index in [9.17, 15) is 4.79 Å². The normalized spacial score (nSPS) is 15.7. The monoisotopic (exact) mass is 220 g/mol. The van der Waals surface area contributed by atoms with Gasteiger partial charge in [-0.3, -0.25) is 4.79 Å². The second-order valence-corrected chi connectivity index (χ2v) is 4.11. The molecule has 0 atom stereocenters. The molecule has 1 aromatic carbocycles. The quantitative estimate of drug-likeness (QED) is 0.701. The lowest BCUT2D eigenvalue weighted by Crippen LogP contribution is -2.13. The topological polar surface area (TPSA) is 17.1 Å². The molecule has 0 fully saturated rings. The van der Waals surface area contributed by atoms with Gasteiger partial charge in [-0.2, -0.15) is 0 Å². The van der Waals surface area contributed by atoms with Crippen LogP contribution in [0.2, 0.25) is 0 Å². The van der Waals surface area contributed by atoms with Crippen LogP contribution in [0, 0.1) is 0 Å². The van der Waals surface area contributed by atoms with Crippen molar-refractivity contribution in [3.63, 3.8) is 0 Å². The maximum atomic E-state index is 11.3. The van der Waals surface area contributed by atoms with Crippen molar-refractivity contribution in [2.24, 2.45) is 0 Å². The summed E-state index contributed by atoms with van der Waals surface area (Å²) in [6, 6.07) is 6.26. The van der Waals surface area contributed by atoms with Gasteiger partial charge in [0.1, 0.15) is 5.78 Å². The van der Waals surface area contributed by atoms with Crippen LogP contribution in [0.15, 0.2) is 24.3 Å². The summed E-state index contributed by atoms with van der Waals surface area (Å²) in [6.45, 7) is 0. The van der Waals surface area contributed by atoms with Crippen molar-refractivity contribution in [1.29, 1.82) is 0 Å². The fourth-order valence-corrected chi connectivity index (χ4v) is 2.00. The van der Waals surface area contributed by atoms with Crippen molar-refractivity contribution in [1.82, 2.24) is 0 Å². The number of ketones is 1. The second kappa shape index (κ2) is 4.63. The van der Waals surface area contributed by atoms with Gasteiger partial charge in [0.25, 0.3) is 0 Å². The highest BCUT2D eigenvalue weighted by molar-refractivity contribution is 6.19. The lowest BCUT2D eigenvalue weighted by Gasteiger charge is -2.14. The van der Waals surface area contributed by atoms with Gasteiger partial charge in [0.15, 0.2) is 0 Å². The molecule has 0 unspecified atom stereocenters. The van der Waals surface area contributed by atoms with Crippen LogP contribution in [0.4, 0.5) is 0 Å². The minimum absolute atomic E-state index is 0.353. The van der Waals surface area contributed by atoms with Crippen LogP contribution >= 0.6 is 11.6 Å². The smallest absolute Gasteiger partial charge is 0.137 e. The van der Waals surface area contributed by atoms with E-state index in [0.29, 0.717) is 24.5 Å². The first-order chi connectivity index (χ1) is 7.29. The molecule has 2 heteroatoms. The number of rotatable bonds is 2. The van der Waals surface area contributed by atoms with Crippen LogP contribution in [0.1, 0.15) is 23.1 Å². The van der Waals surface area contributed by atoms with Crippen molar-refractivity contribution >= 4 is 23.5 Å². The SMILES string of the molecule is O=C1CCc2cc(C=CCCl)ccc2C1. The average Bonchev–Trinajstić information content (AvgIpc) is 2.26. The largest absolute Gasteiger partial charge is 0.299 e. The van der Waals surface area contributed by atoms with Crippen LogP contribution in [0.25, 0.3) is 6.08 Å². The van der Waals surface area contributed by atoms with E-state index in [-0.39, 0.29) is 0 Å². The molecule has 1 nitrogen and oxygen atoms in total. The summed E-state index contributed by atoms with van der Waals surface area (Å²) in [5, 5.41) is 0. The number of hydrogen-bond acceptors (Lipinski definition) is 1. The molecule has 0 bridgehead atoms. The Hall–Kier alpha value is -1.08. The van der Waals surface area contributed by atoms with Crippen molar-refractivity contribution < 1.29 is 4.79 Å². The van der Waals surface area contributed by atoms with E-state index in [4.69, 9.17) is 11.6 Å². The molecule has 2 rings (SSSR count). The molecule has 15 heavy (non-hydrogen) atoms.